The molecule has 0 aliphatic carbocycles. The maximum atomic E-state index is 13.4. The fourth-order valence-corrected chi connectivity index (χ4v) is 4.10. The smallest absolute Gasteiger partial charge is 0.123 e. The number of likely N-dealkylation sites (tertiary alicyclic amines) is 1. The third-order valence-electron chi connectivity index (χ3n) is 5.63. The van der Waals surface area contributed by atoms with Crippen molar-refractivity contribution in [2.24, 2.45) is 0 Å². The Morgan fingerprint density at radius 1 is 0.929 bits per heavy atom. The highest BCUT2D eigenvalue weighted by molar-refractivity contribution is 5.26. The van der Waals surface area contributed by atoms with Crippen molar-refractivity contribution in [2.75, 3.05) is 19.6 Å². The van der Waals surface area contributed by atoms with Crippen LogP contribution < -0.4 is 0 Å². The molecular weight excluding hydrogens is 347 g/mol. The summed E-state index contributed by atoms with van der Waals surface area (Å²) < 4.78 is 13.4. The van der Waals surface area contributed by atoms with Crippen LogP contribution in [0.5, 0.6) is 0 Å². The predicted octanol–water partition coefficient (Wildman–Crippen LogP) is 5.23. The van der Waals surface area contributed by atoms with E-state index < -0.39 is 0 Å². The Kier molecular flexibility index (Phi) is 6.13. The van der Waals surface area contributed by atoms with Crippen molar-refractivity contribution >= 4 is 0 Å². The lowest BCUT2D eigenvalue weighted by molar-refractivity contribution is 0.208. The summed E-state index contributed by atoms with van der Waals surface area (Å²) in [7, 11) is 0. The van der Waals surface area contributed by atoms with Crippen LogP contribution in [0, 0.1) is 5.82 Å². The summed E-state index contributed by atoms with van der Waals surface area (Å²) in [6, 6.07) is 21.8. The second-order valence-electron chi connectivity index (χ2n) is 7.77. The van der Waals surface area contributed by atoms with Gasteiger partial charge in [0.05, 0.1) is 0 Å². The number of aromatic nitrogens is 1. The second-order valence-corrected chi connectivity index (χ2v) is 7.77. The van der Waals surface area contributed by atoms with Crippen molar-refractivity contribution in [1.29, 1.82) is 0 Å². The van der Waals surface area contributed by atoms with Crippen molar-refractivity contribution in [2.45, 2.75) is 31.6 Å². The molecule has 1 saturated heterocycles. The monoisotopic (exact) mass is 374 g/mol. The average molecular weight is 375 g/mol. The largest absolute Gasteiger partial charge is 0.302 e. The number of pyridine rings is 1. The molecule has 1 atom stereocenters. The van der Waals surface area contributed by atoms with Gasteiger partial charge < -0.3 is 4.90 Å². The summed E-state index contributed by atoms with van der Waals surface area (Å²) in [6.07, 6.45) is 6.22. The van der Waals surface area contributed by atoms with Crippen LogP contribution in [0.25, 0.3) is 0 Å². The molecule has 3 heteroatoms. The van der Waals surface area contributed by atoms with Crippen LogP contribution in [0.2, 0.25) is 0 Å². The van der Waals surface area contributed by atoms with E-state index in [2.05, 4.69) is 47.4 Å². The molecule has 0 amide bonds. The minimum absolute atomic E-state index is 0.181. The number of hydrogen-bond acceptors (Lipinski definition) is 2. The summed E-state index contributed by atoms with van der Waals surface area (Å²) in [6.45, 7) is 3.38. The molecule has 1 fully saturated rings. The van der Waals surface area contributed by atoms with E-state index in [9.17, 15) is 4.39 Å². The zero-order valence-electron chi connectivity index (χ0n) is 16.2. The lowest BCUT2D eigenvalue weighted by atomic mass is 9.93. The SMILES string of the molecule is Fc1cccc(Cc2ccc([C@@H]3CCCN(CCc4ccccc4)C3)nc2)c1. The summed E-state index contributed by atoms with van der Waals surface area (Å²) >= 11 is 0. The molecule has 0 radical (unpaired) electrons. The average Bonchev–Trinajstić information content (AvgIpc) is 2.74. The molecule has 2 heterocycles. The van der Waals surface area contributed by atoms with Gasteiger partial charge in [-0.15, -0.1) is 0 Å². The minimum atomic E-state index is -0.181. The van der Waals surface area contributed by atoms with E-state index in [1.165, 1.54) is 36.7 Å². The van der Waals surface area contributed by atoms with Gasteiger partial charge in [-0.3, -0.25) is 4.98 Å². The van der Waals surface area contributed by atoms with Crippen LogP contribution in [-0.2, 0) is 12.8 Å². The first kappa shape index (κ1) is 18.8. The summed E-state index contributed by atoms with van der Waals surface area (Å²) in [5, 5.41) is 0. The quantitative estimate of drug-likeness (QED) is 0.587. The van der Waals surface area contributed by atoms with Gasteiger partial charge in [-0.1, -0.05) is 48.5 Å². The van der Waals surface area contributed by atoms with E-state index in [4.69, 9.17) is 4.98 Å². The number of halogens is 1. The molecule has 0 bridgehead atoms. The van der Waals surface area contributed by atoms with Crippen molar-refractivity contribution in [1.82, 2.24) is 9.88 Å². The fraction of sp³-hybridized carbons (Fsp3) is 0.320. The second kappa shape index (κ2) is 9.11. The predicted molar refractivity (Wildman–Crippen MR) is 112 cm³/mol. The summed E-state index contributed by atoms with van der Waals surface area (Å²) in [5.41, 5.74) is 4.71. The Hall–Kier alpha value is -2.52. The van der Waals surface area contributed by atoms with Gasteiger partial charge in [-0.05, 0) is 67.1 Å². The highest BCUT2D eigenvalue weighted by atomic mass is 19.1. The van der Waals surface area contributed by atoms with E-state index >= 15 is 0 Å². The van der Waals surface area contributed by atoms with Gasteiger partial charge in [0.1, 0.15) is 5.82 Å². The van der Waals surface area contributed by atoms with Gasteiger partial charge in [-0.25, -0.2) is 4.39 Å². The molecule has 3 aromatic rings. The molecular formula is C25H27FN2. The molecule has 2 aromatic carbocycles. The Labute approximate surface area is 167 Å². The molecule has 1 aliphatic heterocycles. The van der Waals surface area contributed by atoms with Crippen LogP contribution in [-0.4, -0.2) is 29.5 Å². The molecule has 1 aromatic heterocycles. The van der Waals surface area contributed by atoms with Gasteiger partial charge >= 0.3 is 0 Å². The van der Waals surface area contributed by atoms with Crippen molar-refractivity contribution in [3.05, 3.63) is 101 Å². The van der Waals surface area contributed by atoms with E-state index in [0.717, 1.165) is 37.1 Å². The number of hydrogen-bond donors (Lipinski definition) is 0. The highest BCUT2D eigenvalue weighted by Gasteiger charge is 2.22. The maximum absolute atomic E-state index is 13.4. The molecule has 1 aliphatic rings. The van der Waals surface area contributed by atoms with Gasteiger partial charge in [0.2, 0.25) is 0 Å². The van der Waals surface area contributed by atoms with Crippen LogP contribution in [0.15, 0.2) is 72.9 Å². The molecule has 144 valence electrons. The number of nitrogens with zero attached hydrogens (tertiary/aromatic N) is 2. The van der Waals surface area contributed by atoms with Crippen LogP contribution in [0.3, 0.4) is 0 Å². The summed E-state index contributed by atoms with van der Waals surface area (Å²) in [4.78, 5) is 7.33. The number of piperidine rings is 1. The van der Waals surface area contributed by atoms with E-state index in [1.807, 2.05) is 12.3 Å². The Bertz CT molecular complexity index is 877. The molecule has 0 spiro atoms. The lowest BCUT2D eigenvalue weighted by Crippen LogP contribution is -2.36. The zero-order chi connectivity index (χ0) is 19.2. The van der Waals surface area contributed by atoms with Gasteiger partial charge in [-0.2, -0.15) is 0 Å². The van der Waals surface area contributed by atoms with E-state index in [1.54, 1.807) is 12.1 Å². The minimum Gasteiger partial charge on any atom is -0.302 e. The van der Waals surface area contributed by atoms with E-state index in [0.29, 0.717) is 5.92 Å². The maximum Gasteiger partial charge on any atom is 0.123 e. The van der Waals surface area contributed by atoms with Crippen LogP contribution in [0.1, 0.15) is 41.1 Å². The van der Waals surface area contributed by atoms with Gasteiger partial charge in [0.25, 0.3) is 0 Å². The standard InChI is InChI=1S/C25H27FN2/c26-24-10-4-8-21(17-24)16-22-11-12-25(27-18-22)23-9-5-14-28(19-23)15-13-20-6-2-1-3-7-20/h1-4,6-8,10-12,17-18,23H,5,9,13-16,19H2/t23-/m1/s1. The lowest BCUT2D eigenvalue weighted by Gasteiger charge is -2.32. The van der Waals surface area contributed by atoms with Crippen LogP contribution in [0.4, 0.5) is 4.39 Å². The Morgan fingerprint density at radius 2 is 1.79 bits per heavy atom. The molecule has 4 rings (SSSR count). The molecule has 0 unspecified atom stereocenters. The molecule has 0 N–H and O–H groups in total. The Morgan fingerprint density at radius 3 is 2.57 bits per heavy atom. The summed E-state index contributed by atoms with van der Waals surface area (Å²) in [5.74, 6) is 0.327. The van der Waals surface area contributed by atoms with Crippen molar-refractivity contribution in [3.8, 4) is 0 Å². The Balaban J connectivity index is 1.34. The normalized spacial score (nSPS) is 17.5. The first-order chi connectivity index (χ1) is 13.8. The molecule has 2 nitrogen and oxygen atoms in total. The number of rotatable bonds is 6. The first-order valence-corrected chi connectivity index (χ1v) is 10.2. The molecule has 28 heavy (non-hydrogen) atoms. The van der Waals surface area contributed by atoms with Gasteiger partial charge in [0.15, 0.2) is 0 Å². The van der Waals surface area contributed by atoms with Crippen LogP contribution >= 0.6 is 0 Å². The van der Waals surface area contributed by atoms with Crippen molar-refractivity contribution < 1.29 is 4.39 Å². The third kappa shape index (κ3) is 5.05. The first-order valence-electron chi connectivity index (χ1n) is 10.2. The topological polar surface area (TPSA) is 16.1 Å². The highest BCUT2D eigenvalue weighted by Crippen LogP contribution is 2.26. The van der Waals surface area contributed by atoms with Gasteiger partial charge in [0, 0.05) is 30.9 Å². The third-order valence-corrected chi connectivity index (χ3v) is 5.63. The number of benzene rings is 2. The fourth-order valence-electron chi connectivity index (χ4n) is 4.10. The van der Waals surface area contributed by atoms with Crippen molar-refractivity contribution in [3.63, 3.8) is 0 Å². The molecule has 0 saturated carbocycles. The van der Waals surface area contributed by atoms with E-state index in [-0.39, 0.29) is 5.82 Å². The zero-order valence-corrected chi connectivity index (χ0v) is 16.2.